The van der Waals surface area contributed by atoms with E-state index in [2.05, 4.69) is 26.8 Å². The standard InChI is InChI=1S/C17H28O3/c1-12(2)7-6-8-13(3)9-10-15-11-17(15,14(4)18)16(19)20-5/h7,13,15H,6,8-11H2,1-5H3. The maximum absolute atomic E-state index is 11.8. The van der Waals surface area contributed by atoms with Gasteiger partial charge in [0.25, 0.3) is 0 Å². The van der Waals surface area contributed by atoms with Gasteiger partial charge in [0.2, 0.25) is 0 Å². The summed E-state index contributed by atoms with van der Waals surface area (Å²) in [5.74, 6) is 0.450. The number of ketones is 1. The van der Waals surface area contributed by atoms with Crippen LogP contribution in [0.1, 0.15) is 59.8 Å². The monoisotopic (exact) mass is 280 g/mol. The normalized spacial score (nSPS) is 25.8. The largest absolute Gasteiger partial charge is 0.468 e. The van der Waals surface area contributed by atoms with E-state index in [9.17, 15) is 9.59 Å². The van der Waals surface area contributed by atoms with E-state index in [1.165, 1.54) is 26.0 Å². The molecule has 0 bridgehead atoms. The zero-order valence-corrected chi connectivity index (χ0v) is 13.5. The van der Waals surface area contributed by atoms with Crippen LogP contribution in [0.3, 0.4) is 0 Å². The molecule has 0 radical (unpaired) electrons. The van der Waals surface area contributed by atoms with Crippen LogP contribution < -0.4 is 0 Å². The van der Waals surface area contributed by atoms with Gasteiger partial charge in [-0.15, -0.1) is 0 Å². The Morgan fingerprint density at radius 1 is 1.30 bits per heavy atom. The second-order valence-corrected chi connectivity index (χ2v) is 6.46. The summed E-state index contributed by atoms with van der Waals surface area (Å²) in [6.45, 7) is 7.99. The Bertz CT molecular complexity index is 393. The number of ether oxygens (including phenoxy) is 1. The number of allylic oxidation sites excluding steroid dienone is 2. The summed E-state index contributed by atoms with van der Waals surface area (Å²) < 4.78 is 4.80. The molecule has 0 saturated heterocycles. The first-order valence-electron chi connectivity index (χ1n) is 7.57. The number of rotatable bonds is 8. The highest BCUT2D eigenvalue weighted by atomic mass is 16.5. The van der Waals surface area contributed by atoms with Gasteiger partial charge in [0.15, 0.2) is 0 Å². The molecule has 114 valence electrons. The number of hydrogen-bond acceptors (Lipinski definition) is 3. The van der Waals surface area contributed by atoms with Crippen molar-refractivity contribution in [2.24, 2.45) is 17.3 Å². The minimum Gasteiger partial charge on any atom is -0.468 e. The van der Waals surface area contributed by atoms with Crippen LogP contribution in [0.4, 0.5) is 0 Å². The maximum atomic E-state index is 11.8. The van der Waals surface area contributed by atoms with Crippen LogP contribution in [0.5, 0.6) is 0 Å². The molecule has 0 aromatic rings. The average molecular weight is 280 g/mol. The molecule has 3 unspecified atom stereocenters. The van der Waals surface area contributed by atoms with Crippen LogP contribution >= 0.6 is 0 Å². The number of methoxy groups -OCH3 is 1. The Morgan fingerprint density at radius 2 is 1.95 bits per heavy atom. The molecule has 1 aliphatic carbocycles. The predicted molar refractivity (Wildman–Crippen MR) is 80.3 cm³/mol. The van der Waals surface area contributed by atoms with E-state index in [0.29, 0.717) is 12.3 Å². The van der Waals surface area contributed by atoms with Gasteiger partial charge in [0.05, 0.1) is 7.11 Å². The van der Waals surface area contributed by atoms with Crippen molar-refractivity contribution < 1.29 is 14.3 Å². The van der Waals surface area contributed by atoms with E-state index in [0.717, 1.165) is 19.3 Å². The molecule has 0 aromatic heterocycles. The van der Waals surface area contributed by atoms with Gasteiger partial charge < -0.3 is 4.74 Å². The Morgan fingerprint density at radius 3 is 2.45 bits per heavy atom. The highest BCUT2D eigenvalue weighted by molar-refractivity contribution is 6.06. The lowest BCUT2D eigenvalue weighted by Gasteiger charge is -2.13. The van der Waals surface area contributed by atoms with Crippen LogP contribution in [0.2, 0.25) is 0 Å². The molecule has 0 spiro atoms. The molecule has 0 N–H and O–H groups in total. The van der Waals surface area contributed by atoms with Crippen LogP contribution in [0.25, 0.3) is 0 Å². The first-order chi connectivity index (χ1) is 9.34. The second-order valence-electron chi connectivity index (χ2n) is 6.46. The van der Waals surface area contributed by atoms with Crippen LogP contribution in [-0.4, -0.2) is 18.9 Å². The molecule has 3 heteroatoms. The molecular formula is C17H28O3. The summed E-state index contributed by atoms with van der Waals surface area (Å²) in [6, 6.07) is 0. The van der Waals surface area contributed by atoms with Gasteiger partial charge in [-0.2, -0.15) is 0 Å². The van der Waals surface area contributed by atoms with Crippen molar-refractivity contribution in [3.8, 4) is 0 Å². The van der Waals surface area contributed by atoms with Crippen molar-refractivity contribution >= 4 is 11.8 Å². The lowest BCUT2D eigenvalue weighted by atomic mass is 9.92. The smallest absolute Gasteiger partial charge is 0.319 e. The van der Waals surface area contributed by atoms with Gasteiger partial charge in [-0.3, -0.25) is 9.59 Å². The molecule has 0 aromatic carbocycles. The fraction of sp³-hybridized carbons (Fsp3) is 0.765. The number of carbonyl (C=O) groups excluding carboxylic acids is 2. The molecule has 1 aliphatic rings. The van der Waals surface area contributed by atoms with E-state index < -0.39 is 5.41 Å². The Labute approximate surface area is 122 Å². The maximum Gasteiger partial charge on any atom is 0.319 e. The fourth-order valence-corrected chi connectivity index (χ4v) is 2.97. The quantitative estimate of drug-likeness (QED) is 0.384. The lowest BCUT2D eigenvalue weighted by molar-refractivity contribution is -0.151. The van der Waals surface area contributed by atoms with Crippen LogP contribution in [0.15, 0.2) is 11.6 Å². The molecule has 1 fully saturated rings. The first kappa shape index (κ1) is 16.9. The van der Waals surface area contributed by atoms with Crippen molar-refractivity contribution in [3.63, 3.8) is 0 Å². The van der Waals surface area contributed by atoms with Crippen molar-refractivity contribution in [2.45, 2.75) is 59.8 Å². The zero-order valence-electron chi connectivity index (χ0n) is 13.5. The van der Waals surface area contributed by atoms with E-state index in [-0.39, 0.29) is 17.7 Å². The SMILES string of the molecule is COC(=O)C1(C(C)=O)CC1CCC(C)CCC=C(C)C. The number of esters is 1. The molecule has 0 aliphatic heterocycles. The molecule has 1 saturated carbocycles. The summed E-state index contributed by atoms with van der Waals surface area (Å²) in [5.41, 5.74) is 0.551. The summed E-state index contributed by atoms with van der Waals surface area (Å²) in [5, 5.41) is 0. The van der Waals surface area contributed by atoms with Crippen molar-refractivity contribution in [2.75, 3.05) is 7.11 Å². The molecule has 20 heavy (non-hydrogen) atoms. The molecular weight excluding hydrogens is 252 g/mol. The van der Waals surface area contributed by atoms with E-state index in [1.807, 2.05) is 0 Å². The minimum atomic E-state index is -0.811. The number of hydrogen-bond donors (Lipinski definition) is 0. The Hall–Kier alpha value is -1.12. The Kier molecular flexibility index (Phi) is 5.97. The first-order valence-corrected chi connectivity index (χ1v) is 7.57. The van der Waals surface area contributed by atoms with Gasteiger partial charge in [0.1, 0.15) is 11.2 Å². The summed E-state index contributed by atoms with van der Waals surface area (Å²) >= 11 is 0. The van der Waals surface area contributed by atoms with Gasteiger partial charge in [0, 0.05) is 0 Å². The zero-order chi connectivity index (χ0) is 15.3. The Balaban J connectivity index is 2.38. The molecule has 0 heterocycles. The third-order valence-corrected chi connectivity index (χ3v) is 4.50. The average Bonchev–Trinajstić information content (AvgIpc) is 3.10. The summed E-state index contributed by atoms with van der Waals surface area (Å²) in [7, 11) is 1.37. The third kappa shape index (κ3) is 3.94. The topological polar surface area (TPSA) is 43.4 Å². The van der Waals surface area contributed by atoms with Gasteiger partial charge in [-0.25, -0.2) is 0 Å². The van der Waals surface area contributed by atoms with Crippen molar-refractivity contribution in [1.29, 1.82) is 0 Å². The third-order valence-electron chi connectivity index (χ3n) is 4.50. The van der Waals surface area contributed by atoms with Gasteiger partial charge in [-0.1, -0.05) is 25.0 Å². The van der Waals surface area contributed by atoms with Crippen LogP contribution in [-0.2, 0) is 14.3 Å². The van der Waals surface area contributed by atoms with Crippen molar-refractivity contribution in [1.82, 2.24) is 0 Å². The number of carbonyl (C=O) groups is 2. The van der Waals surface area contributed by atoms with E-state index >= 15 is 0 Å². The van der Waals surface area contributed by atoms with Crippen molar-refractivity contribution in [3.05, 3.63) is 11.6 Å². The number of Topliss-reactive ketones (excluding diaryl/α,β-unsaturated/α-hetero) is 1. The van der Waals surface area contributed by atoms with E-state index in [1.54, 1.807) is 0 Å². The second kappa shape index (κ2) is 7.05. The highest BCUT2D eigenvalue weighted by Crippen LogP contribution is 2.56. The van der Waals surface area contributed by atoms with Gasteiger partial charge >= 0.3 is 5.97 Å². The molecule has 3 atom stereocenters. The molecule has 1 rings (SSSR count). The molecule has 0 amide bonds. The summed E-state index contributed by atoms with van der Waals surface area (Å²) in [6.07, 6.45) is 7.25. The van der Waals surface area contributed by atoms with Gasteiger partial charge in [-0.05, 0) is 58.3 Å². The van der Waals surface area contributed by atoms with E-state index in [4.69, 9.17) is 4.74 Å². The predicted octanol–water partition coefficient (Wildman–Crippen LogP) is 3.92. The lowest BCUT2D eigenvalue weighted by Crippen LogP contribution is -2.27. The van der Waals surface area contributed by atoms with Crippen LogP contribution in [0, 0.1) is 17.3 Å². The highest BCUT2D eigenvalue weighted by Gasteiger charge is 2.64. The minimum absolute atomic E-state index is 0.0356. The summed E-state index contributed by atoms with van der Waals surface area (Å²) in [4.78, 5) is 23.5. The fourth-order valence-electron chi connectivity index (χ4n) is 2.97. The molecule has 3 nitrogen and oxygen atoms in total.